The van der Waals surface area contributed by atoms with Crippen molar-refractivity contribution in [2.75, 3.05) is 13.1 Å². The van der Waals surface area contributed by atoms with Gasteiger partial charge in [0, 0.05) is 30.4 Å². The number of carboxylic acids is 1. The zero-order valence-corrected chi connectivity index (χ0v) is 13.5. The highest BCUT2D eigenvalue weighted by molar-refractivity contribution is 5.69. The Morgan fingerprint density at radius 3 is 2.35 bits per heavy atom. The third-order valence-corrected chi connectivity index (χ3v) is 4.04. The summed E-state index contributed by atoms with van der Waals surface area (Å²) in [5.41, 5.74) is 3.45. The molecule has 0 aromatic carbocycles. The number of hydrogen-bond acceptors (Lipinski definition) is 3. The highest BCUT2D eigenvalue weighted by Crippen LogP contribution is 2.27. The molecule has 20 heavy (non-hydrogen) atoms. The lowest BCUT2D eigenvalue weighted by Gasteiger charge is -2.29. The maximum Gasteiger partial charge on any atom is 0.307 e. The van der Waals surface area contributed by atoms with Crippen molar-refractivity contribution >= 4 is 5.97 Å². The molecule has 0 saturated heterocycles. The fourth-order valence-corrected chi connectivity index (χ4v) is 2.80. The van der Waals surface area contributed by atoms with Crippen molar-refractivity contribution in [1.29, 1.82) is 0 Å². The van der Waals surface area contributed by atoms with Crippen LogP contribution in [0.2, 0.25) is 0 Å². The van der Waals surface area contributed by atoms with Gasteiger partial charge in [0.25, 0.3) is 0 Å². The molecule has 1 aromatic heterocycles. The van der Waals surface area contributed by atoms with Gasteiger partial charge in [-0.25, -0.2) is 0 Å². The lowest BCUT2D eigenvalue weighted by atomic mass is 10.0. The summed E-state index contributed by atoms with van der Waals surface area (Å²) in [7, 11) is 0. The highest BCUT2D eigenvalue weighted by Gasteiger charge is 2.24. The molecule has 0 aliphatic carbocycles. The molecule has 0 aliphatic heterocycles. The van der Waals surface area contributed by atoms with Gasteiger partial charge in [-0.3, -0.25) is 14.4 Å². The number of rotatable bonds is 7. The second kappa shape index (κ2) is 6.88. The summed E-state index contributed by atoms with van der Waals surface area (Å²) < 4.78 is 2.01. The van der Waals surface area contributed by atoms with Crippen LogP contribution in [0.25, 0.3) is 0 Å². The van der Waals surface area contributed by atoms with Crippen molar-refractivity contribution in [3.05, 3.63) is 17.0 Å². The van der Waals surface area contributed by atoms with Crippen LogP contribution in [0.4, 0.5) is 0 Å². The Morgan fingerprint density at radius 2 is 1.95 bits per heavy atom. The van der Waals surface area contributed by atoms with Gasteiger partial charge < -0.3 is 5.11 Å². The van der Waals surface area contributed by atoms with E-state index in [1.165, 1.54) is 11.3 Å². The minimum atomic E-state index is -0.742. The van der Waals surface area contributed by atoms with E-state index < -0.39 is 5.97 Å². The molecule has 2 unspecified atom stereocenters. The Morgan fingerprint density at radius 1 is 1.35 bits per heavy atom. The van der Waals surface area contributed by atoms with Crippen LogP contribution in [0.3, 0.4) is 0 Å². The maximum absolute atomic E-state index is 11.1. The van der Waals surface area contributed by atoms with Gasteiger partial charge in [-0.1, -0.05) is 13.8 Å². The molecule has 0 amide bonds. The topological polar surface area (TPSA) is 58.4 Å². The first-order valence-electron chi connectivity index (χ1n) is 7.34. The second-order valence-corrected chi connectivity index (χ2v) is 5.40. The van der Waals surface area contributed by atoms with Gasteiger partial charge in [0.15, 0.2) is 0 Å². The van der Waals surface area contributed by atoms with E-state index in [9.17, 15) is 4.79 Å². The highest BCUT2D eigenvalue weighted by atomic mass is 16.4. The summed E-state index contributed by atoms with van der Waals surface area (Å²) in [5, 5.41) is 13.6. The lowest BCUT2D eigenvalue weighted by Crippen LogP contribution is -2.34. The van der Waals surface area contributed by atoms with Gasteiger partial charge in [0.2, 0.25) is 0 Å². The van der Waals surface area contributed by atoms with Crippen LogP contribution in [0.15, 0.2) is 0 Å². The first-order chi connectivity index (χ1) is 9.33. The Balaban J connectivity index is 2.99. The Labute approximate surface area is 121 Å². The van der Waals surface area contributed by atoms with Crippen LogP contribution < -0.4 is 0 Å². The van der Waals surface area contributed by atoms with Crippen molar-refractivity contribution < 1.29 is 9.90 Å². The van der Waals surface area contributed by atoms with Crippen LogP contribution in [-0.4, -0.2) is 38.8 Å². The summed E-state index contributed by atoms with van der Waals surface area (Å²) >= 11 is 0. The summed E-state index contributed by atoms with van der Waals surface area (Å²) in [4.78, 5) is 13.3. The SMILES string of the molecule is CCN(CC(C)C(=O)O)C(C)c1c(C)nn(CC)c1C. The van der Waals surface area contributed by atoms with Crippen molar-refractivity contribution in [2.45, 2.75) is 54.1 Å². The van der Waals surface area contributed by atoms with E-state index in [4.69, 9.17) is 5.11 Å². The van der Waals surface area contributed by atoms with E-state index >= 15 is 0 Å². The van der Waals surface area contributed by atoms with Gasteiger partial charge in [-0.2, -0.15) is 5.10 Å². The molecule has 5 nitrogen and oxygen atoms in total. The molecule has 0 saturated carbocycles. The minimum absolute atomic E-state index is 0.182. The molecule has 5 heteroatoms. The van der Waals surface area contributed by atoms with Crippen LogP contribution in [0.5, 0.6) is 0 Å². The average Bonchev–Trinajstić information content (AvgIpc) is 2.69. The summed E-state index contributed by atoms with van der Waals surface area (Å²) in [6.45, 7) is 14.4. The number of nitrogens with zero attached hydrogens (tertiary/aromatic N) is 3. The lowest BCUT2D eigenvalue weighted by molar-refractivity contribution is -0.141. The quantitative estimate of drug-likeness (QED) is 0.834. The van der Waals surface area contributed by atoms with Crippen molar-refractivity contribution in [3.63, 3.8) is 0 Å². The van der Waals surface area contributed by atoms with Crippen LogP contribution in [0.1, 0.15) is 50.7 Å². The van der Waals surface area contributed by atoms with E-state index in [2.05, 4.69) is 37.7 Å². The maximum atomic E-state index is 11.1. The van der Waals surface area contributed by atoms with E-state index in [1.54, 1.807) is 6.92 Å². The molecule has 2 atom stereocenters. The smallest absolute Gasteiger partial charge is 0.307 e. The van der Waals surface area contributed by atoms with Gasteiger partial charge >= 0.3 is 5.97 Å². The standard InChI is InChI=1S/C15H27N3O2/c1-7-17(9-10(3)15(19)20)12(5)14-11(4)16-18(8-2)13(14)6/h10,12H,7-9H2,1-6H3,(H,19,20). The van der Waals surface area contributed by atoms with Crippen molar-refractivity contribution in [1.82, 2.24) is 14.7 Å². The zero-order valence-electron chi connectivity index (χ0n) is 13.5. The number of aryl methyl sites for hydroxylation is 2. The molecule has 0 fully saturated rings. The van der Waals surface area contributed by atoms with Gasteiger partial charge in [0.1, 0.15) is 0 Å². The summed E-state index contributed by atoms with van der Waals surface area (Å²) in [6.07, 6.45) is 0. The third-order valence-electron chi connectivity index (χ3n) is 4.04. The van der Waals surface area contributed by atoms with Gasteiger partial charge in [0.05, 0.1) is 11.6 Å². The number of carbonyl (C=O) groups is 1. The predicted molar refractivity (Wildman–Crippen MR) is 79.8 cm³/mol. The van der Waals surface area contributed by atoms with Crippen molar-refractivity contribution in [2.24, 2.45) is 5.92 Å². The molecule has 0 aliphatic rings. The predicted octanol–water partition coefficient (Wildman–Crippen LogP) is 2.62. The van der Waals surface area contributed by atoms with Crippen LogP contribution in [0, 0.1) is 19.8 Å². The van der Waals surface area contributed by atoms with Crippen molar-refractivity contribution in [3.8, 4) is 0 Å². The van der Waals surface area contributed by atoms with E-state index in [0.717, 1.165) is 18.8 Å². The second-order valence-electron chi connectivity index (χ2n) is 5.40. The number of aliphatic carboxylic acids is 1. The molecule has 1 aromatic rings. The normalized spacial score (nSPS) is 14.6. The Kier molecular flexibility index (Phi) is 5.74. The number of hydrogen-bond donors (Lipinski definition) is 1. The fraction of sp³-hybridized carbons (Fsp3) is 0.733. The average molecular weight is 281 g/mol. The summed E-state index contributed by atoms with van der Waals surface area (Å²) in [5.74, 6) is -1.10. The third kappa shape index (κ3) is 3.39. The first kappa shape index (κ1) is 16.7. The molecule has 0 radical (unpaired) electrons. The largest absolute Gasteiger partial charge is 0.481 e. The molecule has 1 heterocycles. The minimum Gasteiger partial charge on any atom is -0.481 e. The van der Waals surface area contributed by atoms with E-state index in [0.29, 0.717) is 6.54 Å². The molecule has 1 rings (SSSR count). The zero-order chi connectivity index (χ0) is 15.4. The fourth-order valence-electron chi connectivity index (χ4n) is 2.80. The van der Waals surface area contributed by atoms with Crippen LogP contribution >= 0.6 is 0 Å². The number of carboxylic acid groups (broad SMARTS) is 1. The van der Waals surface area contributed by atoms with E-state index in [-0.39, 0.29) is 12.0 Å². The number of aromatic nitrogens is 2. The molecular formula is C15H27N3O2. The van der Waals surface area contributed by atoms with Crippen LogP contribution in [-0.2, 0) is 11.3 Å². The molecule has 0 spiro atoms. The molecular weight excluding hydrogens is 254 g/mol. The van der Waals surface area contributed by atoms with E-state index in [1.807, 2.05) is 11.6 Å². The monoisotopic (exact) mass is 281 g/mol. The Bertz CT molecular complexity index is 468. The molecule has 0 bridgehead atoms. The molecule has 114 valence electrons. The summed E-state index contributed by atoms with van der Waals surface area (Å²) in [6, 6.07) is 0.182. The van der Waals surface area contributed by atoms with Gasteiger partial charge in [-0.05, 0) is 34.2 Å². The Hall–Kier alpha value is -1.36. The van der Waals surface area contributed by atoms with Gasteiger partial charge in [-0.15, -0.1) is 0 Å². The first-order valence-corrected chi connectivity index (χ1v) is 7.34. The molecule has 1 N–H and O–H groups in total.